The van der Waals surface area contributed by atoms with Crippen molar-refractivity contribution < 1.29 is 4.74 Å². The number of nitrogens with zero attached hydrogens (tertiary/aromatic N) is 5. The van der Waals surface area contributed by atoms with E-state index in [0.717, 1.165) is 34.2 Å². The molecule has 2 atom stereocenters. The average molecular weight is 437 g/mol. The van der Waals surface area contributed by atoms with Crippen LogP contribution in [-0.2, 0) is 17.8 Å². The first-order valence-electron chi connectivity index (χ1n) is 9.73. The van der Waals surface area contributed by atoms with Crippen LogP contribution in [0.4, 0.5) is 5.95 Å². The molecular weight excluding hydrogens is 412 g/mol. The maximum absolute atomic E-state index is 6.16. The molecule has 3 aliphatic rings. The summed E-state index contributed by atoms with van der Waals surface area (Å²) >= 11 is 5.29. The summed E-state index contributed by atoms with van der Waals surface area (Å²) in [6.07, 6.45) is 1.21. The number of fused-ring (bicyclic) bond motifs is 8. The van der Waals surface area contributed by atoms with Crippen LogP contribution in [0.2, 0.25) is 0 Å². The molecule has 1 unspecified atom stereocenters. The van der Waals surface area contributed by atoms with Gasteiger partial charge in [0.25, 0.3) is 0 Å². The minimum atomic E-state index is -0.00820. The lowest BCUT2D eigenvalue weighted by atomic mass is 9.93. The molecule has 0 fully saturated rings. The van der Waals surface area contributed by atoms with Gasteiger partial charge in [0.15, 0.2) is 16.5 Å². The summed E-state index contributed by atoms with van der Waals surface area (Å²) in [7, 11) is 0. The quantitative estimate of drug-likeness (QED) is 0.727. The fraction of sp³-hybridized carbons (Fsp3) is 0.611. The zero-order chi connectivity index (χ0) is 19.4. The Bertz CT molecular complexity index is 936. The smallest absolute Gasteiger partial charge is 0.241 e. The number of ether oxygens (including phenoxy) is 1. The number of amidine groups is 1. The lowest BCUT2D eigenvalue weighted by molar-refractivity contribution is 0.00135. The van der Waals surface area contributed by atoms with Gasteiger partial charge in [0.05, 0.1) is 12.7 Å². The number of aromatic nitrogens is 3. The molecule has 3 aliphatic heterocycles. The van der Waals surface area contributed by atoms with Gasteiger partial charge >= 0.3 is 0 Å². The average Bonchev–Trinajstić information content (AvgIpc) is 3.36. The summed E-state index contributed by atoms with van der Waals surface area (Å²) in [4.78, 5) is 3.55. The molecule has 0 aromatic carbocycles. The topological polar surface area (TPSA) is 67.6 Å². The van der Waals surface area contributed by atoms with Crippen LogP contribution < -0.4 is 10.3 Å². The van der Waals surface area contributed by atoms with E-state index in [1.54, 1.807) is 23.5 Å². The predicted octanol–water partition coefficient (Wildman–Crippen LogP) is 3.98. The third-order valence-corrected chi connectivity index (χ3v) is 8.14. The van der Waals surface area contributed by atoms with Crippen LogP contribution in [0.1, 0.15) is 49.9 Å². The van der Waals surface area contributed by atoms with Crippen LogP contribution >= 0.6 is 34.9 Å². The van der Waals surface area contributed by atoms with Gasteiger partial charge < -0.3 is 4.74 Å². The van der Waals surface area contributed by atoms with Crippen LogP contribution in [0.5, 0.6) is 0 Å². The van der Waals surface area contributed by atoms with Crippen molar-refractivity contribution in [3.63, 3.8) is 0 Å². The Kier molecular flexibility index (Phi) is 4.85. The number of anilines is 1. The number of hydrogen-bond acceptors (Lipinski definition) is 9. The molecule has 2 aromatic heterocycles. The van der Waals surface area contributed by atoms with Crippen LogP contribution in [0.3, 0.4) is 0 Å². The van der Waals surface area contributed by atoms with Crippen LogP contribution in [0.25, 0.3) is 5.00 Å². The van der Waals surface area contributed by atoms with Gasteiger partial charge in [-0.25, -0.2) is 4.57 Å². The Hall–Kier alpha value is -1.23. The number of rotatable bonds is 4. The van der Waals surface area contributed by atoms with Crippen molar-refractivity contribution in [3.05, 3.63) is 16.0 Å². The van der Waals surface area contributed by atoms with Crippen LogP contribution in [0, 0.1) is 5.92 Å². The molecule has 0 bridgehead atoms. The molecular formula is C18H24N6OS3. The van der Waals surface area contributed by atoms with E-state index in [1.165, 1.54) is 21.0 Å². The molecule has 5 heterocycles. The van der Waals surface area contributed by atoms with E-state index in [0.29, 0.717) is 12.5 Å². The maximum atomic E-state index is 6.16. The van der Waals surface area contributed by atoms with Crippen molar-refractivity contribution in [1.29, 1.82) is 0 Å². The molecule has 150 valence electrons. The van der Waals surface area contributed by atoms with Crippen LogP contribution in [-0.4, -0.2) is 37.5 Å². The molecule has 0 saturated carbocycles. The molecule has 0 spiro atoms. The summed E-state index contributed by atoms with van der Waals surface area (Å²) in [5.41, 5.74) is 6.14. The normalized spacial score (nSPS) is 22.5. The first-order valence-corrected chi connectivity index (χ1v) is 12.5. The van der Waals surface area contributed by atoms with Crippen LogP contribution in [0.15, 0.2) is 10.3 Å². The van der Waals surface area contributed by atoms with E-state index < -0.39 is 0 Å². The molecule has 5 rings (SSSR count). The van der Waals surface area contributed by atoms with Gasteiger partial charge in [0.2, 0.25) is 5.95 Å². The second kappa shape index (κ2) is 7.23. The highest BCUT2D eigenvalue weighted by molar-refractivity contribution is 8.14. The highest BCUT2D eigenvalue weighted by Crippen LogP contribution is 2.49. The number of thiophene rings is 1. The standard InChI is InChI=1S/C18H24N6OS3/c1-5-26-17-21-19-14-13-10-7-11(9(3)4)25-8-12(10)28-15(13)24-16(23(14)17)20-22-18(24)27-6-2/h9,11,14,19H,5-8H2,1-4H3/t11-,14?/m0/s1. The summed E-state index contributed by atoms with van der Waals surface area (Å²) in [6.45, 7) is 9.46. The monoisotopic (exact) mass is 436 g/mol. The lowest BCUT2D eigenvalue weighted by Gasteiger charge is -2.33. The molecule has 0 aliphatic carbocycles. The third kappa shape index (κ3) is 2.72. The first-order chi connectivity index (χ1) is 13.6. The zero-order valence-electron chi connectivity index (χ0n) is 16.4. The van der Waals surface area contributed by atoms with E-state index in [4.69, 9.17) is 4.74 Å². The molecule has 28 heavy (non-hydrogen) atoms. The van der Waals surface area contributed by atoms with Crippen molar-refractivity contribution in [1.82, 2.24) is 20.2 Å². The molecule has 1 N–H and O–H groups in total. The maximum Gasteiger partial charge on any atom is 0.241 e. The van der Waals surface area contributed by atoms with Gasteiger partial charge in [-0.15, -0.1) is 21.5 Å². The summed E-state index contributed by atoms with van der Waals surface area (Å²) in [5, 5.41) is 16.8. The first kappa shape index (κ1) is 18.8. The van der Waals surface area contributed by atoms with Gasteiger partial charge in [0.1, 0.15) is 5.00 Å². The fourth-order valence-corrected chi connectivity index (χ4v) is 6.65. The molecule has 7 nitrogen and oxygen atoms in total. The Morgan fingerprint density at radius 3 is 2.82 bits per heavy atom. The van der Waals surface area contributed by atoms with Gasteiger partial charge in [-0.3, -0.25) is 10.3 Å². The largest absolute Gasteiger partial charge is 0.372 e. The second-order valence-corrected chi connectivity index (χ2v) is 10.8. The molecule has 0 radical (unpaired) electrons. The minimum Gasteiger partial charge on any atom is -0.372 e. The van der Waals surface area contributed by atoms with Crippen molar-refractivity contribution in [3.8, 4) is 5.00 Å². The van der Waals surface area contributed by atoms with Gasteiger partial charge in [0, 0.05) is 16.9 Å². The van der Waals surface area contributed by atoms with Gasteiger partial charge in [-0.2, -0.15) is 5.10 Å². The molecule has 0 saturated heterocycles. The molecule has 2 aromatic rings. The third-order valence-electron chi connectivity index (χ3n) is 5.29. The highest BCUT2D eigenvalue weighted by Gasteiger charge is 2.45. The lowest BCUT2D eigenvalue weighted by Crippen LogP contribution is -2.38. The summed E-state index contributed by atoms with van der Waals surface area (Å²) in [6, 6.07) is 0. The van der Waals surface area contributed by atoms with Crippen molar-refractivity contribution in [2.45, 2.75) is 58.1 Å². The second-order valence-electron chi connectivity index (χ2n) is 7.30. The van der Waals surface area contributed by atoms with E-state index in [9.17, 15) is 0 Å². The Morgan fingerprint density at radius 2 is 2.07 bits per heavy atom. The SMILES string of the molecule is CCSC1=NNC2c3c(sc4c3C[C@@H](C(C)C)OC4)-n3c(SCC)nnc3N12. The molecule has 10 heteroatoms. The Morgan fingerprint density at radius 1 is 1.25 bits per heavy atom. The Balaban J connectivity index is 1.67. The molecule has 0 amide bonds. The number of hydrogen-bond donors (Lipinski definition) is 1. The summed E-state index contributed by atoms with van der Waals surface area (Å²) in [5.74, 6) is 3.28. The fourth-order valence-electron chi connectivity index (χ4n) is 3.95. The van der Waals surface area contributed by atoms with Crippen molar-refractivity contribution in [2.75, 3.05) is 16.4 Å². The van der Waals surface area contributed by atoms with Gasteiger partial charge in [-0.05, 0) is 23.0 Å². The number of thioether (sulfide) groups is 2. The van der Waals surface area contributed by atoms with E-state index in [2.05, 4.69) is 57.9 Å². The van der Waals surface area contributed by atoms with Gasteiger partial charge in [-0.1, -0.05) is 51.2 Å². The Labute approximate surface area is 177 Å². The van der Waals surface area contributed by atoms with Crippen molar-refractivity contribution >= 4 is 46.0 Å². The minimum absolute atomic E-state index is 0.00820. The highest BCUT2D eigenvalue weighted by atomic mass is 32.2. The number of hydrazone groups is 1. The predicted molar refractivity (Wildman–Crippen MR) is 117 cm³/mol. The van der Waals surface area contributed by atoms with E-state index in [1.807, 2.05) is 11.3 Å². The van der Waals surface area contributed by atoms with E-state index >= 15 is 0 Å². The number of nitrogens with one attached hydrogen (secondary N) is 1. The summed E-state index contributed by atoms with van der Waals surface area (Å²) < 4.78 is 8.39. The van der Waals surface area contributed by atoms with Crippen molar-refractivity contribution in [2.24, 2.45) is 11.0 Å². The zero-order valence-corrected chi connectivity index (χ0v) is 18.9. The van der Waals surface area contributed by atoms with E-state index in [-0.39, 0.29) is 12.3 Å².